The Labute approximate surface area is 191 Å². The van der Waals surface area contributed by atoms with Gasteiger partial charge in [-0.05, 0) is 98.8 Å². The number of halogens is 1. The molecule has 3 aliphatic rings. The van der Waals surface area contributed by atoms with Crippen LogP contribution in [0.4, 0.5) is 4.39 Å². The van der Waals surface area contributed by atoms with Crippen molar-refractivity contribution in [2.45, 2.75) is 68.6 Å². The average molecular weight is 435 g/mol. The maximum Gasteiger partial charge on any atom is 0.230 e. The van der Waals surface area contributed by atoms with Crippen molar-refractivity contribution < 1.29 is 9.18 Å². The summed E-state index contributed by atoms with van der Waals surface area (Å²) in [5.41, 5.74) is 4.07. The number of piperidine rings is 1. The molecular formula is C28H35FN2O. The molecule has 0 radical (unpaired) electrons. The zero-order valence-electron chi connectivity index (χ0n) is 19.0. The van der Waals surface area contributed by atoms with Crippen molar-refractivity contribution >= 4 is 5.91 Å². The van der Waals surface area contributed by atoms with Gasteiger partial charge in [-0.25, -0.2) is 4.39 Å². The first-order valence-electron chi connectivity index (χ1n) is 12.5. The highest BCUT2D eigenvalue weighted by Gasteiger charge is 2.43. The molecule has 0 atom stereocenters. The molecule has 2 fully saturated rings. The van der Waals surface area contributed by atoms with Gasteiger partial charge in [0.15, 0.2) is 0 Å². The number of nitrogens with zero attached hydrogens (tertiary/aromatic N) is 1. The van der Waals surface area contributed by atoms with E-state index in [1.165, 1.54) is 37.8 Å². The Kier molecular flexibility index (Phi) is 6.07. The Morgan fingerprint density at radius 2 is 1.66 bits per heavy atom. The summed E-state index contributed by atoms with van der Waals surface area (Å²) in [4.78, 5) is 15.7. The van der Waals surface area contributed by atoms with Crippen molar-refractivity contribution in [3.05, 3.63) is 71.0 Å². The van der Waals surface area contributed by atoms with Gasteiger partial charge >= 0.3 is 0 Å². The maximum absolute atomic E-state index is 13.4. The summed E-state index contributed by atoms with van der Waals surface area (Å²) in [5, 5.41) is 3.22. The summed E-state index contributed by atoms with van der Waals surface area (Å²) in [7, 11) is 0. The number of benzene rings is 2. The van der Waals surface area contributed by atoms with Crippen molar-refractivity contribution in [3.63, 3.8) is 0 Å². The van der Waals surface area contributed by atoms with E-state index >= 15 is 0 Å². The Morgan fingerprint density at radius 3 is 2.41 bits per heavy atom. The maximum atomic E-state index is 13.4. The van der Waals surface area contributed by atoms with E-state index in [0.717, 1.165) is 57.3 Å². The lowest BCUT2D eigenvalue weighted by atomic mass is 9.74. The number of hydrogen-bond acceptors (Lipinski definition) is 2. The van der Waals surface area contributed by atoms with Crippen molar-refractivity contribution in [1.29, 1.82) is 0 Å². The topological polar surface area (TPSA) is 32.3 Å². The summed E-state index contributed by atoms with van der Waals surface area (Å²) in [6.07, 6.45) is 9.87. The van der Waals surface area contributed by atoms with Crippen LogP contribution in [0.15, 0.2) is 48.5 Å². The molecule has 1 saturated carbocycles. The van der Waals surface area contributed by atoms with Gasteiger partial charge in [0.25, 0.3) is 0 Å². The van der Waals surface area contributed by atoms with Crippen LogP contribution in [0.5, 0.6) is 0 Å². The van der Waals surface area contributed by atoms with Crippen LogP contribution in [0.2, 0.25) is 0 Å². The van der Waals surface area contributed by atoms with E-state index in [0.29, 0.717) is 12.0 Å². The fraction of sp³-hybridized carbons (Fsp3) is 0.536. The van der Waals surface area contributed by atoms with Gasteiger partial charge in [-0.3, -0.25) is 4.79 Å². The van der Waals surface area contributed by atoms with E-state index in [-0.39, 0.29) is 11.7 Å². The number of amides is 1. The first-order chi connectivity index (χ1) is 15.6. The second kappa shape index (κ2) is 8.97. The molecule has 170 valence electrons. The molecule has 0 unspecified atom stereocenters. The predicted molar refractivity (Wildman–Crippen MR) is 126 cm³/mol. The Morgan fingerprint density at radius 1 is 0.938 bits per heavy atom. The molecule has 1 spiro atoms. The van der Waals surface area contributed by atoms with Gasteiger partial charge in [0.1, 0.15) is 5.82 Å². The van der Waals surface area contributed by atoms with Crippen LogP contribution in [0.1, 0.15) is 68.1 Å². The molecule has 1 heterocycles. The largest absolute Gasteiger partial charge is 0.355 e. The molecule has 2 aromatic carbocycles. The monoisotopic (exact) mass is 434 g/mol. The predicted octanol–water partition coefficient (Wildman–Crippen LogP) is 5.12. The first kappa shape index (κ1) is 21.6. The van der Waals surface area contributed by atoms with Gasteiger partial charge in [0.05, 0.1) is 5.41 Å². The van der Waals surface area contributed by atoms with Crippen molar-refractivity contribution in [2.75, 3.05) is 26.2 Å². The number of aryl methyl sites for hydroxylation is 1. The van der Waals surface area contributed by atoms with Crippen LogP contribution in [-0.4, -0.2) is 37.0 Å². The molecule has 5 rings (SSSR count). The van der Waals surface area contributed by atoms with Gasteiger partial charge in [-0.2, -0.15) is 0 Å². The minimum atomic E-state index is -0.471. The summed E-state index contributed by atoms with van der Waals surface area (Å²) in [6, 6.07) is 15.6. The van der Waals surface area contributed by atoms with Crippen LogP contribution in [-0.2, 0) is 22.0 Å². The average Bonchev–Trinajstić information content (AvgIpc) is 3.46. The minimum Gasteiger partial charge on any atom is -0.355 e. The molecule has 0 bridgehead atoms. The Hall–Kier alpha value is -2.20. The van der Waals surface area contributed by atoms with Gasteiger partial charge in [-0.15, -0.1) is 0 Å². The fourth-order valence-electron chi connectivity index (χ4n) is 6.56. The molecule has 32 heavy (non-hydrogen) atoms. The number of rotatable bonds is 6. The molecule has 1 amide bonds. The lowest BCUT2D eigenvalue weighted by molar-refractivity contribution is -0.126. The van der Waals surface area contributed by atoms with Crippen molar-refractivity contribution in [3.8, 4) is 0 Å². The zero-order valence-corrected chi connectivity index (χ0v) is 19.0. The quantitative estimate of drug-likeness (QED) is 0.640. The van der Waals surface area contributed by atoms with E-state index in [9.17, 15) is 9.18 Å². The summed E-state index contributed by atoms with van der Waals surface area (Å²) < 4.78 is 13.4. The molecule has 1 N–H and O–H groups in total. The molecule has 2 aliphatic carbocycles. The number of nitrogens with one attached hydrogen (secondary N) is 1. The number of hydrogen-bond donors (Lipinski definition) is 1. The highest BCUT2D eigenvalue weighted by Crippen LogP contribution is 2.46. The third kappa shape index (κ3) is 3.98. The van der Waals surface area contributed by atoms with E-state index in [4.69, 9.17) is 0 Å². The van der Waals surface area contributed by atoms with Crippen molar-refractivity contribution in [2.24, 2.45) is 0 Å². The highest BCUT2D eigenvalue weighted by molar-refractivity contribution is 5.88. The van der Waals surface area contributed by atoms with E-state index < -0.39 is 5.41 Å². The van der Waals surface area contributed by atoms with E-state index in [1.54, 1.807) is 23.3 Å². The minimum absolute atomic E-state index is 0.127. The number of carbonyl (C=O) groups excluding carboxylic acids is 1. The number of likely N-dealkylation sites (tertiary alicyclic amines) is 1. The van der Waals surface area contributed by atoms with Gasteiger partial charge in [0.2, 0.25) is 5.91 Å². The molecule has 0 aromatic heterocycles. The summed E-state index contributed by atoms with van der Waals surface area (Å²) in [6.45, 7) is 4.07. The zero-order chi connectivity index (χ0) is 22.0. The smallest absolute Gasteiger partial charge is 0.230 e. The van der Waals surface area contributed by atoms with E-state index in [2.05, 4.69) is 34.5 Å². The highest BCUT2D eigenvalue weighted by atomic mass is 19.1. The molecule has 3 nitrogen and oxygen atoms in total. The Bertz CT molecular complexity index is 940. The molecule has 2 aromatic rings. The number of fused-ring (bicyclic) bond motifs is 2. The van der Waals surface area contributed by atoms with Crippen LogP contribution >= 0.6 is 0 Å². The molecule has 4 heteroatoms. The second-order valence-corrected chi connectivity index (χ2v) is 10.2. The van der Waals surface area contributed by atoms with Crippen molar-refractivity contribution in [1.82, 2.24) is 10.2 Å². The number of carbonyl (C=O) groups is 1. The molecule has 1 aliphatic heterocycles. The third-order valence-electron chi connectivity index (χ3n) is 8.50. The third-order valence-corrected chi connectivity index (χ3v) is 8.50. The molecular weight excluding hydrogens is 399 g/mol. The SMILES string of the molecule is O=C(NCCCN1CCC2(CCc3ccccc32)CC1)C1(c2ccc(F)cc2)CCCC1. The summed E-state index contributed by atoms with van der Waals surface area (Å²) in [5.74, 6) is -0.117. The molecule has 1 saturated heterocycles. The lowest BCUT2D eigenvalue weighted by Gasteiger charge is -2.40. The van der Waals surface area contributed by atoms with Crippen LogP contribution in [0.25, 0.3) is 0 Å². The first-order valence-corrected chi connectivity index (χ1v) is 12.5. The van der Waals surface area contributed by atoms with Crippen LogP contribution < -0.4 is 5.32 Å². The summed E-state index contributed by atoms with van der Waals surface area (Å²) >= 11 is 0. The van der Waals surface area contributed by atoms with Gasteiger partial charge in [0, 0.05) is 6.54 Å². The van der Waals surface area contributed by atoms with Gasteiger partial charge in [-0.1, -0.05) is 49.2 Å². The normalized spacial score (nSPS) is 21.5. The standard InChI is InChI=1S/C28H35FN2O/c29-24-10-8-23(9-11-24)28(13-3-4-14-28)26(32)30-18-5-19-31-20-16-27(17-21-31)15-12-22-6-1-2-7-25(22)27/h1-2,6-11H,3-5,12-21H2,(H,30,32). The fourth-order valence-corrected chi connectivity index (χ4v) is 6.56. The lowest BCUT2D eigenvalue weighted by Crippen LogP contribution is -2.44. The second-order valence-electron chi connectivity index (χ2n) is 10.2. The van der Waals surface area contributed by atoms with Gasteiger partial charge < -0.3 is 10.2 Å². The van der Waals surface area contributed by atoms with Crippen LogP contribution in [0, 0.1) is 5.82 Å². The van der Waals surface area contributed by atoms with E-state index in [1.807, 2.05) is 0 Å². The van der Waals surface area contributed by atoms with Crippen LogP contribution in [0.3, 0.4) is 0 Å². The Balaban J connectivity index is 1.10.